The summed E-state index contributed by atoms with van der Waals surface area (Å²) in [5, 5.41) is 132. The zero-order valence-corrected chi connectivity index (χ0v) is 51.8. The topological polar surface area (TPSA) is 442 Å². The maximum Gasteiger partial charge on any atom is 0.397 e. The zero-order chi connectivity index (χ0) is 65.0. The lowest BCUT2D eigenvalue weighted by atomic mass is 9.41. The molecule has 29 nitrogen and oxygen atoms in total. The first-order chi connectivity index (χ1) is 41.7. The van der Waals surface area contributed by atoms with Gasteiger partial charge in [-0.25, -0.2) is 4.18 Å². The zero-order valence-electron chi connectivity index (χ0n) is 51.0. The van der Waals surface area contributed by atoms with Gasteiger partial charge in [-0.1, -0.05) is 44.9 Å². The standard InChI is InChI=1S/C59H92O29S/c1-24(2)10-9-15-58(8)48-29(62)18-57(7)28-11-12-33-55(4,5)34(14-16-56(33,6)27(28)13-17-59(48,57)54(73)88-58)83-52-46(35(64)26(21-77-52)22-79-89(74,75)76)87-53-47(86-49-40(69)36(65)30(63)23-78-49)42(71)44(25(3)80-53)84-51-43(72)45(38(67)32(20-61)82-51)85-50-41(70)39(68)37(66)31(19-60)81-50/h11,25-27,30-53,60-61,63-72H,1,9-10,12-23H2,2-8H3,(H,74,75,76)/t25-,26+,27?,30-,31-,32-,33?,34+,35+,36+,37-,38-,39+,40-,41-,42+,43-,44-,45+,46-,47-,48-,49+,50+,51+,52+,53+,56?,57+,58+,59+/m1/s1. The Hall–Kier alpha value is -2.39. The monoisotopic (exact) mass is 1300 g/mol. The molecule has 0 bridgehead atoms. The van der Waals surface area contributed by atoms with Crippen molar-refractivity contribution in [3.63, 3.8) is 0 Å². The minimum absolute atomic E-state index is 0.0151. The van der Waals surface area contributed by atoms with E-state index in [1.54, 1.807) is 0 Å². The van der Waals surface area contributed by atoms with Crippen molar-refractivity contribution < 1.29 is 140 Å². The fourth-order valence-electron chi connectivity index (χ4n) is 17.1. The van der Waals surface area contributed by atoms with E-state index in [2.05, 4.69) is 40.3 Å². The number of ketones is 1. The summed E-state index contributed by atoms with van der Waals surface area (Å²) in [6.07, 6.45) is -33.2. The van der Waals surface area contributed by atoms with Crippen LogP contribution in [0.15, 0.2) is 23.8 Å². The average molecular weight is 1300 g/mol. The minimum Gasteiger partial charge on any atom is -0.458 e. The molecule has 3 unspecified atom stereocenters. The third kappa shape index (κ3) is 12.3. The number of esters is 1. The lowest BCUT2D eigenvalue weighted by Crippen LogP contribution is -2.67. The molecule has 6 heterocycles. The first kappa shape index (κ1) is 69.4. The van der Waals surface area contributed by atoms with Gasteiger partial charge in [-0.3, -0.25) is 14.1 Å². The van der Waals surface area contributed by atoms with Crippen molar-refractivity contribution in [2.75, 3.05) is 33.0 Å². The number of aliphatic hydroxyl groups excluding tert-OH is 12. The summed E-state index contributed by atoms with van der Waals surface area (Å²) in [5.74, 6) is -2.20. The van der Waals surface area contributed by atoms with E-state index in [9.17, 15) is 83.8 Å². The fourth-order valence-corrected chi connectivity index (χ4v) is 17.5. The van der Waals surface area contributed by atoms with Crippen LogP contribution in [0.25, 0.3) is 0 Å². The SMILES string of the molecule is C=C(C)CCC[C@]1(C)OC(=O)[C@@]23CCC4C(=CCC5C4(C)CC[C@H](O[C@@H]4OC[C@@H](COS(=O)(=O)O)[C@H](O)[C@H]4O[C@@H]4O[C@H](C)[C@@H](O[C@@H]6O[C@H](CO)[C@@H](O)[C@H](O[C@@H]7O[C@H](CO)[C@@H](O)[C@H](O)[C@H]7O)[C@H]6O)[C@H](O)[C@H]4O[C@@H]4OC[C@@H](O)[C@H](O)[C@H]4O)C5(C)C)[C@]2(C)CC(=O)[C@H]13. The number of Topliss-reactive ketones (excluding diaryl/α,β-unsaturated/α-hetero) is 1. The molecule has 6 aliphatic heterocycles. The van der Waals surface area contributed by atoms with E-state index in [1.807, 2.05) is 13.8 Å². The number of carbonyl (C=O) groups excluding carboxylic acids is 2. The summed E-state index contributed by atoms with van der Waals surface area (Å²) >= 11 is 0. The van der Waals surface area contributed by atoms with Crippen LogP contribution in [0.3, 0.4) is 0 Å². The van der Waals surface area contributed by atoms with Gasteiger partial charge in [0.1, 0.15) is 103 Å². The molecule has 1 spiro atoms. The Balaban J connectivity index is 0.910. The number of aliphatic hydroxyl groups is 12. The number of hydrogen-bond acceptors (Lipinski definition) is 28. The summed E-state index contributed by atoms with van der Waals surface area (Å²) in [4.78, 5) is 28.9. The van der Waals surface area contributed by atoms with E-state index in [4.69, 9.17) is 56.3 Å². The van der Waals surface area contributed by atoms with Gasteiger partial charge in [0.2, 0.25) is 0 Å². The molecule has 30 heteroatoms. The highest BCUT2D eigenvalue weighted by Crippen LogP contribution is 2.75. The van der Waals surface area contributed by atoms with Crippen molar-refractivity contribution in [3.05, 3.63) is 23.8 Å². The maximum absolute atomic E-state index is 14.5. The maximum atomic E-state index is 14.5. The van der Waals surface area contributed by atoms with Crippen molar-refractivity contribution >= 4 is 22.2 Å². The number of rotatable bonds is 19. The number of cyclic esters (lactones) is 1. The van der Waals surface area contributed by atoms with Crippen LogP contribution in [0, 0.1) is 45.3 Å². The lowest BCUT2D eigenvalue weighted by molar-refractivity contribution is -0.402. The second kappa shape index (κ2) is 26.0. The first-order valence-corrected chi connectivity index (χ1v) is 32.3. The van der Waals surface area contributed by atoms with Crippen molar-refractivity contribution in [1.82, 2.24) is 0 Å². The number of fused-ring (bicyclic) bond motifs is 4. The summed E-state index contributed by atoms with van der Waals surface area (Å²) in [5.41, 5.74) is -1.68. The van der Waals surface area contributed by atoms with Gasteiger partial charge in [0.15, 0.2) is 31.5 Å². The Kier molecular flexibility index (Phi) is 20.3. The van der Waals surface area contributed by atoms with Crippen LogP contribution >= 0.6 is 0 Å². The molecule has 10 rings (SSSR count). The molecule has 0 amide bonds. The Morgan fingerprint density at radius 2 is 1.28 bits per heavy atom. The van der Waals surface area contributed by atoms with Crippen LogP contribution in [0.1, 0.15) is 106 Å². The minimum atomic E-state index is -5.07. The van der Waals surface area contributed by atoms with Crippen LogP contribution < -0.4 is 0 Å². The summed E-state index contributed by atoms with van der Waals surface area (Å²) < 4.78 is 105. The van der Waals surface area contributed by atoms with Gasteiger partial charge < -0.3 is 113 Å². The summed E-state index contributed by atoms with van der Waals surface area (Å²) in [6, 6.07) is 0. The largest absolute Gasteiger partial charge is 0.458 e. The van der Waals surface area contributed by atoms with Gasteiger partial charge in [-0.05, 0) is 94.8 Å². The van der Waals surface area contributed by atoms with Crippen molar-refractivity contribution in [3.8, 4) is 0 Å². The van der Waals surface area contributed by atoms with Crippen molar-refractivity contribution in [2.24, 2.45) is 45.3 Å². The molecule has 13 N–H and O–H groups in total. The second-order valence-corrected chi connectivity index (χ2v) is 28.9. The fraction of sp³-hybridized carbons (Fsp3) is 0.898. The summed E-state index contributed by atoms with van der Waals surface area (Å²) in [7, 11) is -5.07. The van der Waals surface area contributed by atoms with E-state index in [0.29, 0.717) is 38.5 Å². The average Bonchev–Trinajstić information content (AvgIpc) is 1.54. The van der Waals surface area contributed by atoms with Gasteiger partial charge in [0.25, 0.3) is 0 Å². The molecule has 4 aliphatic carbocycles. The van der Waals surface area contributed by atoms with Gasteiger partial charge >= 0.3 is 16.4 Å². The van der Waals surface area contributed by atoms with E-state index >= 15 is 0 Å². The molecule has 0 aromatic heterocycles. The molecule has 9 fully saturated rings. The van der Waals surface area contributed by atoms with Gasteiger partial charge in [-0.15, -0.1) is 6.58 Å². The molecule has 31 atom stereocenters. The predicted octanol–water partition coefficient (Wildman–Crippen LogP) is -2.32. The molecule has 3 saturated carbocycles. The van der Waals surface area contributed by atoms with E-state index in [-0.39, 0.29) is 35.4 Å². The van der Waals surface area contributed by atoms with Gasteiger partial charge in [0, 0.05) is 17.8 Å². The van der Waals surface area contributed by atoms with Crippen LogP contribution in [-0.4, -0.2) is 266 Å². The molecular formula is C59H92O29S. The van der Waals surface area contributed by atoms with Crippen molar-refractivity contribution in [2.45, 2.75) is 253 Å². The number of hydrogen-bond donors (Lipinski definition) is 13. The normalized spacial score (nSPS) is 50.7. The Bertz CT molecular complexity index is 2700. The van der Waals surface area contributed by atoms with Crippen LogP contribution in [0.5, 0.6) is 0 Å². The molecule has 508 valence electrons. The highest BCUT2D eigenvalue weighted by Gasteiger charge is 2.79. The van der Waals surface area contributed by atoms with E-state index in [1.165, 1.54) is 6.92 Å². The van der Waals surface area contributed by atoms with E-state index < -0.39 is 218 Å². The third-order valence-corrected chi connectivity index (χ3v) is 22.4. The first-order valence-electron chi connectivity index (χ1n) is 30.9. The molecule has 0 aromatic rings. The highest BCUT2D eigenvalue weighted by atomic mass is 32.3. The highest BCUT2D eigenvalue weighted by molar-refractivity contribution is 7.80. The molecule has 6 saturated heterocycles. The number of allylic oxidation sites excluding steroid dienone is 3. The Labute approximate surface area is 516 Å². The van der Waals surface area contributed by atoms with Crippen LogP contribution in [0.2, 0.25) is 0 Å². The van der Waals surface area contributed by atoms with E-state index in [0.717, 1.165) is 24.0 Å². The van der Waals surface area contributed by atoms with Crippen LogP contribution in [0.4, 0.5) is 0 Å². The number of ether oxygens (including phenoxy) is 11. The smallest absolute Gasteiger partial charge is 0.397 e. The molecule has 0 radical (unpaired) electrons. The molecule has 0 aromatic carbocycles. The third-order valence-electron chi connectivity index (χ3n) is 21.9. The number of carbonyl (C=O) groups is 2. The quantitative estimate of drug-likeness (QED) is 0.0367. The van der Waals surface area contributed by atoms with Crippen molar-refractivity contribution in [1.29, 1.82) is 0 Å². The van der Waals surface area contributed by atoms with Crippen LogP contribution in [-0.2, 0) is 76.3 Å². The Morgan fingerprint density at radius 3 is 1.94 bits per heavy atom. The Morgan fingerprint density at radius 1 is 0.674 bits per heavy atom. The van der Waals surface area contributed by atoms with Gasteiger partial charge in [-0.2, -0.15) is 8.42 Å². The molecule has 89 heavy (non-hydrogen) atoms. The lowest BCUT2D eigenvalue weighted by Gasteiger charge is -2.63. The molecule has 10 aliphatic rings. The molecular weight excluding hydrogens is 1200 g/mol. The predicted molar refractivity (Wildman–Crippen MR) is 298 cm³/mol. The summed E-state index contributed by atoms with van der Waals surface area (Å²) in [6.45, 7) is 14.1. The second-order valence-electron chi connectivity index (χ2n) is 27.8. The van der Waals surface area contributed by atoms with Gasteiger partial charge in [0.05, 0.1) is 62.7 Å².